The van der Waals surface area contributed by atoms with Crippen LogP contribution >= 0.6 is 30.6 Å². The van der Waals surface area contributed by atoms with E-state index in [1.807, 2.05) is 13.8 Å². The highest BCUT2D eigenvalue weighted by Gasteiger charge is 2.16. The Hall–Kier alpha value is 0.657. The van der Waals surface area contributed by atoms with E-state index in [0.717, 1.165) is 0 Å². The molecule has 0 aromatic rings. The Labute approximate surface area is 73.2 Å². The lowest BCUT2D eigenvalue weighted by atomic mass is 10.8. The minimum absolute atomic E-state index is 1.44. The topological polar surface area (TPSA) is 0 Å². The molecule has 0 fully saturated rings. The molecule has 0 rings (SSSR count). The van der Waals surface area contributed by atoms with Crippen molar-refractivity contribution >= 4 is 35.9 Å². The van der Waals surface area contributed by atoms with E-state index in [2.05, 4.69) is 54.1 Å². The van der Waals surface area contributed by atoms with Crippen LogP contribution in [0.25, 0.3) is 0 Å². The SMILES string of the molecule is CC=C[Si](Br)(Br)C=CC. The summed E-state index contributed by atoms with van der Waals surface area (Å²) in [6.45, 7) is 4.04. The molecular formula is C6H10Br2Si. The molecule has 0 saturated carbocycles. The molecule has 0 spiro atoms. The minimum atomic E-state index is -1.44. The summed E-state index contributed by atoms with van der Waals surface area (Å²) in [6.07, 6.45) is 4.10. The van der Waals surface area contributed by atoms with Crippen LogP contribution in [-0.2, 0) is 0 Å². The summed E-state index contributed by atoms with van der Waals surface area (Å²) < 4.78 is 0. The third kappa shape index (κ3) is 5.12. The van der Waals surface area contributed by atoms with Gasteiger partial charge in [-0.25, -0.2) is 0 Å². The average molecular weight is 270 g/mol. The second kappa shape index (κ2) is 4.47. The molecular weight excluding hydrogens is 260 g/mol. The molecule has 52 valence electrons. The van der Waals surface area contributed by atoms with Gasteiger partial charge in [0, 0.05) is 0 Å². The Kier molecular flexibility index (Phi) is 4.80. The summed E-state index contributed by atoms with van der Waals surface area (Å²) in [4.78, 5) is 0. The van der Waals surface area contributed by atoms with Gasteiger partial charge >= 0.3 is 0 Å². The van der Waals surface area contributed by atoms with Crippen molar-refractivity contribution in [3.05, 3.63) is 23.6 Å². The predicted molar refractivity (Wildman–Crippen MR) is 53.2 cm³/mol. The van der Waals surface area contributed by atoms with E-state index in [1.54, 1.807) is 0 Å². The van der Waals surface area contributed by atoms with E-state index in [-0.39, 0.29) is 0 Å². The Morgan fingerprint density at radius 3 is 1.56 bits per heavy atom. The Morgan fingerprint density at radius 2 is 1.33 bits per heavy atom. The maximum atomic E-state index is 3.58. The van der Waals surface area contributed by atoms with Gasteiger partial charge in [-0.2, -0.15) is 0 Å². The first-order chi connectivity index (χ1) is 4.12. The molecule has 0 radical (unpaired) electrons. The first-order valence-electron chi connectivity index (χ1n) is 2.78. The van der Waals surface area contributed by atoms with Crippen LogP contribution in [-0.4, -0.2) is 5.31 Å². The molecule has 9 heavy (non-hydrogen) atoms. The zero-order chi connectivity index (χ0) is 7.33. The molecule has 0 unspecified atom stereocenters. The van der Waals surface area contributed by atoms with Crippen molar-refractivity contribution < 1.29 is 0 Å². The summed E-state index contributed by atoms with van der Waals surface area (Å²) in [5.41, 5.74) is 4.32. The molecule has 0 amide bonds. The summed E-state index contributed by atoms with van der Waals surface area (Å²) >= 11 is 7.17. The van der Waals surface area contributed by atoms with Gasteiger partial charge < -0.3 is 0 Å². The smallest absolute Gasteiger partial charge is 0.100 e. The number of halogens is 2. The molecule has 0 saturated heterocycles. The molecule has 0 aromatic carbocycles. The fraction of sp³-hybridized carbons (Fsp3) is 0.333. The second-order valence-electron chi connectivity index (χ2n) is 1.67. The Bertz CT molecular complexity index is 113. The van der Waals surface area contributed by atoms with E-state index in [1.165, 1.54) is 0 Å². The van der Waals surface area contributed by atoms with Crippen molar-refractivity contribution in [3.63, 3.8) is 0 Å². The van der Waals surface area contributed by atoms with Crippen LogP contribution in [0.2, 0.25) is 0 Å². The van der Waals surface area contributed by atoms with E-state index < -0.39 is 5.31 Å². The highest BCUT2D eigenvalue weighted by atomic mass is 79.9. The lowest BCUT2D eigenvalue weighted by molar-refractivity contribution is 1.76. The van der Waals surface area contributed by atoms with Gasteiger partial charge in [-0.05, 0) is 13.8 Å². The zero-order valence-corrected chi connectivity index (χ0v) is 9.74. The van der Waals surface area contributed by atoms with Crippen molar-refractivity contribution in [2.75, 3.05) is 0 Å². The maximum absolute atomic E-state index is 3.58. The van der Waals surface area contributed by atoms with E-state index >= 15 is 0 Å². The summed E-state index contributed by atoms with van der Waals surface area (Å²) in [5.74, 6) is 0. The quantitative estimate of drug-likeness (QED) is 0.532. The molecule has 0 aliphatic rings. The minimum Gasteiger partial charge on any atom is -0.100 e. The molecule has 0 bridgehead atoms. The number of rotatable bonds is 2. The summed E-state index contributed by atoms with van der Waals surface area (Å²) in [5, 5.41) is -1.44. The van der Waals surface area contributed by atoms with Gasteiger partial charge in [0.05, 0.1) is 0 Å². The Balaban J connectivity index is 4.01. The molecule has 0 atom stereocenters. The van der Waals surface area contributed by atoms with Gasteiger partial charge in [0.1, 0.15) is 0 Å². The average Bonchev–Trinajstić information content (AvgIpc) is 1.64. The van der Waals surface area contributed by atoms with Gasteiger partial charge in [-0.3, -0.25) is 0 Å². The van der Waals surface area contributed by atoms with Crippen LogP contribution in [0.4, 0.5) is 0 Å². The fourth-order valence-electron chi connectivity index (χ4n) is 0.500. The van der Waals surface area contributed by atoms with Crippen molar-refractivity contribution in [3.8, 4) is 0 Å². The lowest BCUT2D eigenvalue weighted by Crippen LogP contribution is -2.08. The van der Waals surface area contributed by atoms with Crippen LogP contribution in [0.5, 0.6) is 0 Å². The Morgan fingerprint density at radius 1 is 1.00 bits per heavy atom. The highest BCUT2D eigenvalue weighted by molar-refractivity contribution is 9.51. The second-order valence-corrected chi connectivity index (χ2v) is 14.8. The molecule has 0 aliphatic heterocycles. The van der Waals surface area contributed by atoms with Gasteiger partial charge in [0.2, 0.25) is 5.31 Å². The number of hydrogen-bond donors (Lipinski definition) is 0. The maximum Gasteiger partial charge on any atom is 0.245 e. The summed E-state index contributed by atoms with van der Waals surface area (Å²) in [6, 6.07) is 0. The third-order valence-corrected chi connectivity index (χ3v) is 5.51. The van der Waals surface area contributed by atoms with E-state index in [4.69, 9.17) is 0 Å². The standard InChI is InChI=1S/C6H10Br2Si/c1-3-5-9(7,8)6-4-2/h3-6H,1-2H3. The van der Waals surface area contributed by atoms with Crippen molar-refractivity contribution in [1.82, 2.24) is 0 Å². The molecule has 0 N–H and O–H groups in total. The van der Waals surface area contributed by atoms with Crippen LogP contribution in [0.1, 0.15) is 13.8 Å². The van der Waals surface area contributed by atoms with Crippen molar-refractivity contribution in [2.45, 2.75) is 13.8 Å². The van der Waals surface area contributed by atoms with Gasteiger partial charge in [0.15, 0.2) is 0 Å². The first kappa shape index (κ1) is 9.66. The van der Waals surface area contributed by atoms with E-state index in [9.17, 15) is 0 Å². The zero-order valence-electron chi connectivity index (χ0n) is 5.57. The highest BCUT2D eigenvalue weighted by Crippen LogP contribution is 2.22. The van der Waals surface area contributed by atoms with Crippen LogP contribution in [0, 0.1) is 0 Å². The molecule has 0 heterocycles. The van der Waals surface area contributed by atoms with Crippen molar-refractivity contribution in [2.24, 2.45) is 0 Å². The fourth-order valence-corrected chi connectivity index (χ4v) is 4.67. The monoisotopic (exact) mass is 268 g/mol. The number of hydrogen-bond acceptors (Lipinski definition) is 0. The molecule has 0 nitrogen and oxygen atoms in total. The molecule has 0 aromatic heterocycles. The van der Waals surface area contributed by atoms with Gasteiger partial charge in [-0.1, -0.05) is 23.6 Å². The van der Waals surface area contributed by atoms with Gasteiger partial charge in [-0.15, -0.1) is 30.6 Å². The van der Waals surface area contributed by atoms with Gasteiger partial charge in [0.25, 0.3) is 0 Å². The summed E-state index contributed by atoms with van der Waals surface area (Å²) in [7, 11) is 0. The molecule has 3 heteroatoms. The largest absolute Gasteiger partial charge is 0.245 e. The first-order valence-corrected chi connectivity index (χ1v) is 9.45. The van der Waals surface area contributed by atoms with Crippen LogP contribution in [0.3, 0.4) is 0 Å². The lowest BCUT2D eigenvalue weighted by Gasteiger charge is -2.03. The van der Waals surface area contributed by atoms with Crippen molar-refractivity contribution in [1.29, 1.82) is 0 Å². The predicted octanol–water partition coefficient (Wildman–Crippen LogP) is 3.45. The van der Waals surface area contributed by atoms with E-state index in [0.29, 0.717) is 0 Å². The normalized spacial score (nSPS) is 13.8. The van der Waals surface area contributed by atoms with Crippen LogP contribution in [0.15, 0.2) is 23.6 Å². The third-order valence-electron chi connectivity index (χ3n) is 0.778. The number of allylic oxidation sites excluding steroid dienone is 2. The molecule has 0 aliphatic carbocycles. The van der Waals surface area contributed by atoms with Crippen LogP contribution < -0.4 is 0 Å².